The van der Waals surface area contributed by atoms with Gasteiger partial charge in [0.25, 0.3) is 10.1 Å². The predicted octanol–water partition coefficient (Wildman–Crippen LogP) is 8.33. The van der Waals surface area contributed by atoms with Gasteiger partial charge in [-0.2, -0.15) is 19.8 Å². The van der Waals surface area contributed by atoms with E-state index in [4.69, 9.17) is 4.74 Å². The van der Waals surface area contributed by atoms with E-state index in [9.17, 15) is 12.9 Å². The Balaban J connectivity index is 0.000000260. The molecule has 2 aromatic carbocycles. The number of hydrogen-bond acceptors (Lipinski definition) is 5. The lowest BCUT2D eigenvalue weighted by molar-refractivity contribution is 0.00288. The molecule has 0 fully saturated rings. The molecule has 3 aromatic rings. The Bertz CT molecular complexity index is 1030. The van der Waals surface area contributed by atoms with Gasteiger partial charge in [0.2, 0.25) is 0 Å². The van der Waals surface area contributed by atoms with Crippen molar-refractivity contribution in [3.05, 3.63) is 53.2 Å². The molecule has 0 spiro atoms. The minimum atomic E-state index is -3.88. The lowest BCUT2D eigenvalue weighted by Crippen LogP contribution is -2.05. The SMILES string of the molecule is CCCCCCCCS(=O)(=O)OF.CCCCOc1c(-c2ccsc2)ccc2ccccc12. The minimum absolute atomic E-state index is 0.213. The molecule has 0 aliphatic rings. The second kappa shape index (κ2) is 15.0. The average Bonchev–Trinajstić information content (AvgIpc) is 3.37. The van der Waals surface area contributed by atoms with Crippen LogP contribution in [-0.2, 0) is 14.5 Å². The van der Waals surface area contributed by atoms with Gasteiger partial charge >= 0.3 is 0 Å². The zero-order chi connectivity index (χ0) is 23.9. The van der Waals surface area contributed by atoms with Crippen LogP contribution in [0, 0.1) is 0 Å². The highest BCUT2D eigenvalue weighted by Crippen LogP contribution is 2.37. The monoisotopic (exact) mass is 494 g/mol. The van der Waals surface area contributed by atoms with Gasteiger partial charge in [0.1, 0.15) is 5.75 Å². The van der Waals surface area contributed by atoms with Crippen molar-refractivity contribution in [2.24, 2.45) is 0 Å². The number of unbranched alkanes of at least 4 members (excludes halogenated alkanes) is 6. The normalized spacial score (nSPS) is 11.2. The fourth-order valence-corrected chi connectivity index (χ4v) is 4.73. The van der Waals surface area contributed by atoms with Crippen molar-refractivity contribution in [3.8, 4) is 16.9 Å². The van der Waals surface area contributed by atoms with Crippen LogP contribution in [0.15, 0.2) is 53.2 Å². The van der Waals surface area contributed by atoms with Crippen LogP contribution in [0.5, 0.6) is 5.75 Å². The zero-order valence-corrected chi connectivity index (χ0v) is 21.2. The number of halogens is 1. The Hall–Kier alpha value is -1.96. The molecule has 0 saturated heterocycles. The molecule has 182 valence electrons. The highest BCUT2D eigenvalue weighted by Gasteiger charge is 2.11. The van der Waals surface area contributed by atoms with Crippen molar-refractivity contribution in [1.29, 1.82) is 0 Å². The molecule has 0 bridgehead atoms. The van der Waals surface area contributed by atoms with E-state index in [1.54, 1.807) is 11.3 Å². The Morgan fingerprint density at radius 1 is 0.879 bits per heavy atom. The third kappa shape index (κ3) is 9.43. The van der Waals surface area contributed by atoms with E-state index in [0.29, 0.717) is 6.42 Å². The largest absolute Gasteiger partial charge is 0.492 e. The van der Waals surface area contributed by atoms with Gasteiger partial charge < -0.3 is 4.74 Å². The minimum Gasteiger partial charge on any atom is -0.492 e. The first-order chi connectivity index (χ1) is 16.0. The molecular formula is C26H35FO4S2. The molecule has 0 aliphatic heterocycles. The molecule has 0 aliphatic carbocycles. The molecule has 4 nitrogen and oxygen atoms in total. The van der Waals surface area contributed by atoms with E-state index in [1.165, 1.54) is 28.3 Å². The van der Waals surface area contributed by atoms with Gasteiger partial charge in [0.15, 0.2) is 0 Å². The third-order valence-electron chi connectivity index (χ3n) is 5.30. The Labute approximate surface area is 201 Å². The second-order valence-corrected chi connectivity index (χ2v) is 10.4. The Morgan fingerprint density at radius 2 is 1.61 bits per heavy atom. The molecule has 0 unspecified atom stereocenters. The zero-order valence-electron chi connectivity index (χ0n) is 19.6. The van der Waals surface area contributed by atoms with Crippen molar-refractivity contribution >= 4 is 32.2 Å². The third-order valence-corrected chi connectivity index (χ3v) is 6.96. The first kappa shape index (κ1) is 27.3. The first-order valence-corrected chi connectivity index (χ1v) is 14.2. The lowest BCUT2D eigenvalue weighted by atomic mass is 10.0. The van der Waals surface area contributed by atoms with E-state index >= 15 is 0 Å². The highest BCUT2D eigenvalue weighted by molar-refractivity contribution is 7.86. The van der Waals surface area contributed by atoms with Crippen molar-refractivity contribution in [3.63, 3.8) is 0 Å². The van der Waals surface area contributed by atoms with Crippen molar-refractivity contribution in [2.75, 3.05) is 12.4 Å². The van der Waals surface area contributed by atoms with Crippen LogP contribution >= 0.6 is 11.3 Å². The van der Waals surface area contributed by atoms with E-state index in [1.807, 2.05) is 0 Å². The van der Waals surface area contributed by atoms with E-state index in [2.05, 4.69) is 71.5 Å². The number of thiophene rings is 1. The molecule has 33 heavy (non-hydrogen) atoms. The van der Waals surface area contributed by atoms with E-state index in [-0.39, 0.29) is 5.75 Å². The summed E-state index contributed by atoms with van der Waals surface area (Å²) in [6, 6.07) is 14.9. The summed E-state index contributed by atoms with van der Waals surface area (Å²) in [6.07, 6.45) is 8.00. The Kier molecular flexibility index (Phi) is 12.4. The standard InChI is InChI=1S/C18H18OS.C8H17FO3S/c1-2-3-11-19-18-16-7-5-4-6-14(16)8-9-17(18)15-10-12-20-13-15;1-2-3-4-5-6-7-8-13(10,11)12-9/h4-10,12-13H,2-3,11H2,1H3;2-8H2,1H3. The number of fused-ring (bicyclic) bond motifs is 1. The topological polar surface area (TPSA) is 52.6 Å². The van der Waals surface area contributed by atoms with Crippen molar-refractivity contribution < 1.29 is 22.1 Å². The summed E-state index contributed by atoms with van der Waals surface area (Å²) >= 11 is 1.72. The molecule has 3 rings (SSSR count). The molecule has 1 aromatic heterocycles. The van der Waals surface area contributed by atoms with Crippen molar-refractivity contribution in [2.45, 2.75) is 65.2 Å². The van der Waals surface area contributed by atoms with Gasteiger partial charge in [-0.1, -0.05) is 87.1 Å². The molecule has 1 heterocycles. The summed E-state index contributed by atoms with van der Waals surface area (Å²) in [7, 11) is -3.88. The van der Waals surface area contributed by atoms with E-state index in [0.717, 1.165) is 50.9 Å². The molecular weight excluding hydrogens is 459 g/mol. The maximum atomic E-state index is 11.3. The van der Waals surface area contributed by atoms with Crippen LogP contribution in [0.2, 0.25) is 0 Å². The summed E-state index contributed by atoms with van der Waals surface area (Å²) in [5.74, 6) is 0.810. The molecule has 0 saturated carbocycles. The summed E-state index contributed by atoms with van der Waals surface area (Å²) in [6.45, 7) is 5.08. The molecule has 0 radical (unpaired) electrons. The first-order valence-electron chi connectivity index (χ1n) is 11.7. The number of ether oxygens (including phenoxy) is 1. The second-order valence-electron chi connectivity index (χ2n) is 7.97. The maximum Gasteiger partial charge on any atom is 0.297 e. The van der Waals surface area contributed by atoms with Crippen LogP contribution in [0.1, 0.15) is 65.2 Å². The quantitative estimate of drug-likeness (QED) is 0.224. The van der Waals surface area contributed by atoms with Gasteiger partial charge in [-0.05, 0) is 51.2 Å². The fourth-order valence-electron chi connectivity index (χ4n) is 3.45. The summed E-state index contributed by atoms with van der Waals surface area (Å²) in [5.41, 5.74) is 2.44. The summed E-state index contributed by atoms with van der Waals surface area (Å²) in [4.78, 5) is 0. The van der Waals surface area contributed by atoms with Gasteiger partial charge in [0, 0.05) is 10.9 Å². The summed E-state index contributed by atoms with van der Waals surface area (Å²) < 4.78 is 41.3. The maximum absolute atomic E-state index is 11.3. The smallest absolute Gasteiger partial charge is 0.297 e. The van der Waals surface area contributed by atoms with Crippen LogP contribution in [0.3, 0.4) is 0 Å². The Morgan fingerprint density at radius 3 is 2.30 bits per heavy atom. The van der Waals surface area contributed by atoms with Crippen LogP contribution in [-0.4, -0.2) is 20.8 Å². The van der Waals surface area contributed by atoms with Crippen LogP contribution < -0.4 is 4.74 Å². The van der Waals surface area contributed by atoms with Gasteiger partial charge in [-0.3, -0.25) is 0 Å². The average molecular weight is 495 g/mol. The van der Waals surface area contributed by atoms with Gasteiger partial charge in [-0.15, -0.1) is 0 Å². The molecule has 0 N–H and O–H groups in total. The fraction of sp³-hybridized carbons (Fsp3) is 0.462. The van der Waals surface area contributed by atoms with E-state index < -0.39 is 10.1 Å². The number of hydrogen-bond donors (Lipinski definition) is 0. The molecule has 7 heteroatoms. The van der Waals surface area contributed by atoms with Gasteiger partial charge in [-0.25, -0.2) is 0 Å². The lowest BCUT2D eigenvalue weighted by Gasteiger charge is -2.13. The highest BCUT2D eigenvalue weighted by atomic mass is 32.2. The predicted molar refractivity (Wildman–Crippen MR) is 137 cm³/mol. The van der Waals surface area contributed by atoms with Crippen molar-refractivity contribution in [1.82, 2.24) is 0 Å². The van der Waals surface area contributed by atoms with Crippen LogP contribution in [0.25, 0.3) is 21.9 Å². The number of benzene rings is 2. The molecule has 0 amide bonds. The molecule has 0 atom stereocenters. The number of rotatable bonds is 13. The van der Waals surface area contributed by atoms with Crippen LogP contribution in [0.4, 0.5) is 4.53 Å². The van der Waals surface area contributed by atoms with Gasteiger partial charge in [0.05, 0.1) is 12.4 Å². The summed E-state index contributed by atoms with van der Waals surface area (Å²) in [5, 5.41) is 6.72.